The van der Waals surface area contributed by atoms with E-state index >= 15 is 0 Å². The number of urea groups is 2. The Morgan fingerprint density at radius 3 is 1.30 bits per heavy atom. The van der Waals surface area contributed by atoms with Crippen LogP contribution in [0.3, 0.4) is 0 Å². The van der Waals surface area contributed by atoms with Crippen LogP contribution in [-0.4, -0.2) is 156 Å². The molecule has 4 aliphatic heterocycles. The number of benzene rings is 5. The number of aliphatic hydroxyl groups excluding tert-OH is 2. The molecule has 1 fully saturated rings. The van der Waals surface area contributed by atoms with Crippen LogP contribution in [-0.2, 0) is 37.0 Å². The Labute approximate surface area is 460 Å². The lowest BCUT2D eigenvalue weighted by Gasteiger charge is -2.13. The van der Waals surface area contributed by atoms with E-state index in [0.717, 1.165) is 16.9 Å². The number of cyclic esters (lactones) is 2. The molecule has 79 heavy (non-hydrogen) atoms. The number of esters is 2. The van der Waals surface area contributed by atoms with Gasteiger partial charge >= 0.3 is 24.0 Å². The van der Waals surface area contributed by atoms with E-state index in [0.29, 0.717) is 79.4 Å². The molecular weight excluding hydrogens is 1050 g/mol. The third kappa shape index (κ3) is 21.4. The third-order valence-electron chi connectivity index (χ3n) is 10.5. The van der Waals surface area contributed by atoms with Gasteiger partial charge in [0, 0.05) is 19.6 Å². The molecule has 0 spiro atoms. The maximum Gasteiger partial charge on any atom is 0.346 e. The van der Waals surface area contributed by atoms with Crippen LogP contribution in [0.5, 0.6) is 0 Å². The van der Waals surface area contributed by atoms with Gasteiger partial charge < -0.3 is 46.5 Å². The fourth-order valence-electron chi connectivity index (χ4n) is 6.89. The summed E-state index contributed by atoms with van der Waals surface area (Å²) in [5, 5.41) is 20.4. The number of ether oxygens (including phenoxy) is 3. The Kier molecular flexibility index (Phi) is 29.3. The number of hydrogen-bond acceptors (Lipinski definition) is 17. The minimum atomic E-state index is -0.879. The molecule has 5 aromatic rings. The van der Waals surface area contributed by atoms with Crippen LogP contribution in [0.4, 0.5) is 9.59 Å². The monoisotopic (exact) mass is 1110 g/mol. The summed E-state index contributed by atoms with van der Waals surface area (Å²) < 4.78 is 15.1. The summed E-state index contributed by atoms with van der Waals surface area (Å²) in [4.78, 5) is 114. The van der Waals surface area contributed by atoms with Crippen molar-refractivity contribution in [2.45, 2.75) is 26.6 Å². The highest BCUT2D eigenvalue weighted by Crippen LogP contribution is 2.23. The third-order valence-corrected chi connectivity index (χ3v) is 10.7. The van der Waals surface area contributed by atoms with Crippen molar-refractivity contribution < 1.29 is 72.4 Å². The molecule has 10 amide bonds. The molecule has 9 rings (SSSR count). The number of alkyl halides is 1. The van der Waals surface area contributed by atoms with Crippen molar-refractivity contribution in [2.75, 3.05) is 71.6 Å². The quantitative estimate of drug-likeness (QED) is 0.0198. The lowest BCUT2D eigenvalue weighted by molar-refractivity contribution is -0.118. The van der Waals surface area contributed by atoms with Gasteiger partial charge in [0.25, 0.3) is 23.6 Å². The standard InChI is InChI=1S/C17H15NO3.C10H9NO3.C9H13NO.C8H4O3.C6H10N2O2.C3H5ClN2O2.C2H7NO/c19-16-14-8-4-5-9-15(14)17(20)18(16)10-11-21-12-13-6-2-1-3-7-13;12-6-5-11-9(13)7-3-1-2-4-8(7)10(11)14;10-6-7-11-8-9-4-2-1-3-5-9;9-7-5-3-1-2-4-6(5)8(10)11-7;1-2-3-8-4-5(9)7-6(8)10;4-1-2(7)6-3(5)8;3-1-2-4/h1-9H,10-12H2;1-4,12H,5-6H2;1-5H,6-8,10H2;1-4H;2-4H2,1H3,(H,7,9,10);1H2,(H3,5,6,7,8);4H,1-3H2. The first-order valence-electron chi connectivity index (χ1n) is 24.4. The molecule has 23 nitrogen and oxygen atoms in total. The molecule has 1 saturated heterocycles. The molecule has 0 aliphatic carbocycles. The predicted octanol–water partition coefficient (Wildman–Crippen LogP) is 3.24. The van der Waals surface area contributed by atoms with Gasteiger partial charge in [-0.05, 0) is 53.9 Å². The Balaban J connectivity index is 0.000000253. The lowest BCUT2D eigenvalue weighted by Crippen LogP contribution is -2.35. The summed E-state index contributed by atoms with van der Waals surface area (Å²) in [5.74, 6) is -3.24. The summed E-state index contributed by atoms with van der Waals surface area (Å²) in [5.41, 5.74) is 19.4. The van der Waals surface area contributed by atoms with Crippen LogP contribution < -0.4 is 27.8 Å². The van der Waals surface area contributed by atoms with Crippen LogP contribution >= 0.6 is 11.6 Å². The van der Waals surface area contributed by atoms with Gasteiger partial charge in [-0.25, -0.2) is 19.2 Å². The second kappa shape index (κ2) is 35.7. The number of rotatable bonds is 15. The van der Waals surface area contributed by atoms with Gasteiger partial charge in [0.05, 0.1) is 86.1 Å². The van der Waals surface area contributed by atoms with E-state index in [-0.39, 0.29) is 74.3 Å². The number of nitrogens with two attached hydrogens (primary N) is 3. The summed E-state index contributed by atoms with van der Waals surface area (Å²) in [6.45, 7) is 6.17. The summed E-state index contributed by atoms with van der Waals surface area (Å²) in [6, 6.07) is 38.8. The van der Waals surface area contributed by atoms with Gasteiger partial charge in [-0.2, -0.15) is 0 Å². The molecule has 0 aromatic heterocycles. The van der Waals surface area contributed by atoms with E-state index in [4.69, 9.17) is 42.8 Å². The van der Waals surface area contributed by atoms with Gasteiger partial charge in [0.1, 0.15) is 12.4 Å². The minimum Gasteiger partial charge on any atom is -0.395 e. The maximum absolute atomic E-state index is 12.1. The molecule has 0 radical (unpaired) electrons. The molecule has 0 unspecified atom stereocenters. The molecule has 0 atom stereocenters. The number of primary amides is 1. The Morgan fingerprint density at radius 1 is 0.582 bits per heavy atom. The Morgan fingerprint density at radius 2 is 0.975 bits per heavy atom. The van der Waals surface area contributed by atoms with Crippen molar-refractivity contribution in [1.82, 2.24) is 25.3 Å². The van der Waals surface area contributed by atoms with Crippen LogP contribution in [0, 0.1) is 0 Å². The number of amides is 10. The van der Waals surface area contributed by atoms with Crippen molar-refractivity contribution in [3.8, 4) is 0 Å². The van der Waals surface area contributed by atoms with Crippen molar-refractivity contribution in [2.24, 2.45) is 17.2 Å². The molecule has 0 saturated carbocycles. The number of fused-ring (bicyclic) bond motifs is 3. The topological polar surface area (TPSA) is 351 Å². The number of β-amino-alcohol motifs (C(OH)–C–C–N with tert-alkyl or cyclic N) is 1. The number of imide groups is 4. The van der Waals surface area contributed by atoms with Gasteiger partial charge in [-0.15, -0.1) is 11.6 Å². The van der Waals surface area contributed by atoms with Crippen molar-refractivity contribution in [3.63, 3.8) is 0 Å². The smallest absolute Gasteiger partial charge is 0.346 e. The minimum absolute atomic E-state index is 0.0619. The van der Waals surface area contributed by atoms with E-state index in [1.54, 1.807) is 78.1 Å². The number of halogens is 1. The highest BCUT2D eigenvalue weighted by molar-refractivity contribution is 6.28. The number of carbonyl (C=O) groups excluding carboxylic acids is 10. The number of hydrogen-bond donors (Lipinski definition) is 7. The van der Waals surface area contributed by atoms with E-state index < -0.39 is 23.9 Å². The summed E-state index contributed by atoms with van der Waals surface area (Å²) >= 11 is 4.98. The van der Waals surface area contributed by atoms with Crippen molar-refractivity contribution in [3.05, 3.63) is 178 Å². The van der Waals surface area contributed by atoms with Crippen molar-refractivity contribution >= 4 is 71.0 Å². The van der Waals surface area contributed by atoms with Crippen LogP contribution in [0.15, 0.2) is 133 Å². The number of aliphatic hydroxyl groups is 2. The Hall–Kier alpha value is -8.55. The van der Waals surface area contributed by atoms with Crippen LogP contribution in [0.2, 0.25) is 0 Å². The molecule has 10 N–H and O–H groups in total. The van der Waals surface area contributed by atoms with E-state index in [1.165, 1.54) is 15.4 Å². The lowest BCUT2D eigenvalue weighted by atomic mass is 10.1. The largest absolute Gasteiger partial charge is 0.395 e. The van der Waals surface area contributed by atoms with Crippen molar-refractivity contribution in [1.29, 1.82) is 0 Å². The second-order valence-electron chi connectivity index (χ2n) is 16.3. The average Bonchev–Trinajstić information content (AvgIpc) is 4.18. The number of carbonyl (C=O) groups is 10. The first-order valence-corrected chi connectivity index (χ1v) is 25.0. The second-order valence-corrected chi connectivity index (χ2v) is 16.5. The van der Waals surface area contributed by atoms with Gasteiger partial charge in [0.15, 0.2) is 0 Å². The first kappa shape index (κ1) is 64.7. The normalized spacial score (nSPS) is 13.1. The highest BCUT2D eigenvalue weighted by atomic mass is 35.5. The van der Waals surface area contributed by atoms with Gasteiger partial charge in [-0.3, -0.25) is 49.2 Å². The SMILES string of the molecule is CCCN1CC(=O)NC1=O.NC(=O)NC(=O)CCl.NCCO.NCCOCc1ccccc1.O=C1OC(=O)c2ccccc21.O=C1c2ccccc2C(=O)N1CCO.O=C1c2ccccc2C(=O)N1CCOCc1ccccc1. The summed E-state index contributed by atoms with van der Waals surface area (Å²) in [7, 11) is 0. The van der Waals surface area contributed by atoms with Gasteiger partial charge in [-0.1, -0.05) is 104 Å². The van der Waals surface area contributed by atoms with E-state index in [9.17, 15) is 47.9 Å². The van der Waals surface area contributed by atoms with Crippen LogP contribution in [0.25, 0.3) is 0 Å². The molecule has 0 bridgehead atoms. The predicted molar refractivity (Wildman–Crippen MR) is 288 cm³/mol. The molecular formula is C55H63ClN8O15. The van der Waals surface area contributed by atoms with E-state index in [2.05, 4.69) is 15.8 Å². The average molecular weight is 1110 g/mol. The fraction of sp³-hybridized carbons (Fsp3) is 0.273. The zero-order chi connectivity index (χ0) is 58.1. The fourth-order valence-corrected chi connectivity index (χ4v) is 6.96. The maximum atomic E-state index is 12.1. The first-order chi connectivity index (χ1) is 38.1. The zero-order valence-corrected chi connectivity index (χ0v) is 44.0. The van der Waals surface area contributed by atoms with Crippen LogP contribution in [0.1, 0.15) is 86.6 Å². The molecule has 4 heterocycles. The zero-order valence-electron chi connectivity index (χ0n) is 43.3. The number of nitrogens with zero attached hydrogens (tertiary/aromatic N) is 3. The van der Waals surface area contributed by atoms with Gasteiger partial charge in [0.2, 0.25) is 11.8 Å². The Bertz CT molecular complexity index is 2740. The molecule has 24 heteroatoms. The van der Waals surface area contributed by atoms with E-state index in [1.807, 2.05) is 67.6 Å². The molecule has 4 aliphatic rings. The highest BCUT2D eigenvalue weighted by Gasteiger charge is 2.35. The molecule has 5 aromatic carbocycles. The summed E-state index contributed by atoms with van der Waals surface area (Å²) in [6.07, 6.45) is 0.890. The number of nitrogens with one attached hydrogen (secondary N) is 2. The molecule has 420 valence electrons.